The summed E-state index contributed by atoms with van der Waals surface area (Å²) in [5.41, 5.74) is 1.20. The lowest BCUT2D eigenvalue weighted by atomic mass is 10.0. The van der Waals surface area contributed by atoms with E-state index >= 15 is 0 Å². The first kappa shape index (κ1) is 12.1. The van der Waals surface area contributed by atoms with Crippen LogP contribution in [0.5, 0.6) is 0 Å². The molecule has 0 heterocycles. The minimum absolute atomic E-state index is 0.266. The van der Waals surface area contributed by atoms with Gasteiger partial charge in [-0.05, 0) is 54.7 Å². The van der Waals surface area contributed by atoms with E-state index in [1.807, 2.05) is 18.2 Å². The number of halogens is 3. The summed E-state index contributed by atoms with van der Waals surface area (Å²) in [5, 5.41) is 1.51. The van der Waals surface area contributed by atoms with Crippen LogP contribution in [0.3, 0.4) is 0 Å². The maximum Gasteiger partial charge on any atom is 0.0595 e. The molecule has 2 saturated carbocycles. The van der Waals surface area contributed by atoms with Crippen LogP contribution in [0.2, 0.25) is 10.0 Å². The third-order valence-corrected chi connectivity index (χ3v) is 5.49. The Morgan fingerprint density at radius 2 is 1.82 bits per heavy atom. The number of alkyl halides is 1. The molecule has 3 heteroatoms. The summed E-state index contributed by atoms with van der Waals surface area (Å²) in [6.45, 7) is 0. The number of rotatable bonds is 3. The average molecular weight is 290 g/mol. The van der Waals surface area contributed by atoms with Crippen LogP contribution < -0.4 is 0 Å². The molecule has 3 rings (SSSR count). The largest absolute Gasteiger partial charge is 0.122 e. The first-order valence-corrected chi connectivity index (χ1v) is 7.44. The fourth-order valence-corrected chi connectivity index (χ4v) is 4.31. The first-order valence-electron chi connectivity index (χ1n) is 6.25. The standard InChI is InChI=1S/C14H15Cl3/c15-11-5-4-8(6-12(11)16)7-13(17)14-9-2-1-3-10(9)14/h4-6,9-10,13-14H,1-3,7H2. The van der Waals surface area contributed by atoms with Crippen molar-refractivity contribution in [2.24, 2.45) is 17.8 Å². The van der Waals surface area contributed by atoms with Gasteiger partial charge in [-0.3, -0.25) is 0 Å². The van der Waals surface area contributed by atoms with Crippen molar-refractivity contribution in [1.82, 2.24) is 0 Å². The molecule has 1 aromatic rings. The fraction of sp³-hybridized carbons (Fsp3) is 0.571. The van der Waals surface area contributed by atoms with Crippen molar-refractivity contribution in [1.29, 1.82) is 0 Å². The second-order valence-corrected chi connectivity index (χ2v) is 6.68. The number of benzene rings is 1. The topological polar surface area (TPSA) is 0 Å². The van der Waals surface area contributed by atoms with Crippen LogP contribution in [0.4, 0.5) is 0 Å². The van der Waals surface area contributed by atoms with Gasteiger partial charge in [0.1, 0.15) is 0 Å². The van der Waals surface area contributed by atoms with E-state index in [9.17, 15) is 0 Å². The summed E-state index contributed by atoms with van der Waals surface area (Å²) in [6, 6.07) is 5.83. The predicted octanol–water partition coefficient (Wildman–Crippen LogP) is 5.19. The third kappa shape index (κ3) is 2.32. The van der Waals surface area contributed by atoms with E-state index in [0.29, 0.717) is 10.0 Å². The summed E-state index contributed by atoms with van der Waals surface area (Å²) in [6.07, 6.45) is 5.10. The zero-order chi connectivity index (χ0) is 12.0. The van der Waals surface area contributed by atoms with E-state index in [1.165, 1.54) is 24.8 Å². The Labute approximate surface area is 117 Å². The monoisotopic (exact) mass is 288 g/mol. The second-order valence-electron chi connectivity index (χ2n) is 5.30. The first-order chi connectivity index (χ1) is 8.16. The smallest absolute Gasteiger partial charge is 0.0595 e. The van der Waals surface area contributed by atoms with Crippen LogP contribution in [0.15, 0.2) is 18.2 Å². The van der Waals surface area contributed by atoms with Crippen LogP contribution in [0.25, 0.3) is 0 Å². The van der Waals surface area contributed by atoms with E-state index in [2.05, 4.69) is 0 Å². The molecule has 0 spiro atoms. The van der Waals surface area contributed by atoms with Crippen molar-refractivity contribution < 1.29 is 0 Å². The van der Waals surface area contributed by atoms with Crippen molar-refractivity contribution in [3.63, 3.8) is 0 Å². The van der Waals surface area contributed by atoms with Crippen LogP contribution in [0, 0.1) is 17.8 Å². The highest BCUT2D eigenvalue weighted by molar-refractivity contribution is 6.42. The molecule has 0 saturated heterocycles. The number of fused-ring (bicyclic) bond motifs is 1. The second kappa shape index (κ2) is 4.64. The van der Waals surface area contributed by atoms with Gasteiger partial charge in [-0.25, -0.2) is 0 Å². The average Bonchev–Trinajstić information content (AvgIpc) is 2.78. The Kier molecular flexibility index (Phi) is 3.32. The molecule has 0 amide bonds. The number of hydrogen-bond donors (Lipinski definition) is 0. The Morgan fingerprint density at radius 3 is 2.47 bits per heavy atom. The maximum atomic E-state index is 6.53. The highest BCUT2D eigenvalue weighted by atomic mass is 35.5. The van der Waals surface area contributed by atoms with E-state index in [0.717, 1.165) is 24.2 Å². The van der Waals surface area contributed by atoms with Crippen LogP contribution in [-0.2, 0) is 6.42 Å². The van der Waals surface area contributed by atoms with Crippen LogP contribution in [-0.4, -0.2) is 5.38 Å². The minimum Gasteiger partial charge on any atom is -0.122 e. The molecule has 3 atom stereocenters. The lowest BCUT2D eigenvalue weighted by Crippen LogP contribution is -2.09. The molecule has 0 nitrogen and oxygen atoms in total. The van der Waals surface area contributed by atoms with Gasteiger partial charge in [0.15, 0.2) is 0 Å². The minimum atomic E-state index is 0.266. The van der Waals surface area contributed by atoms with Crippen LogP contribution >= 0.6 is 34.8 Å². The van der Waals surface area contributed by atoms with Crippen molar-refractivity contribution in [3.8, 4) is 0 Å². The molecule has 0 aliphatic heterocycles. The Hall–Kier alpha value is 0.0900. The van der Waals surface area contributed by atoms with Gasteiger partial charge < -0.3 is 0 Å². The molecular formula is C14H15Cl3. The summed E-state index contributed by atoms with van der Waals surface area (Å²) in [7, 11) is 0. The van der Waals surface area contributed by atoms with Gasteiger partial charge in [-0.2, -0.15) is 0 Å². The molecule has 92 valence electrons. The van der Waals surface area contributed by atoms with Gasteiger partial charge in [-0.15, -0.1) is 11.6 Å². The predicted molar refractivity (Wildman–Crippen MR) is 74.1 cm³/mol. The van der Waals surface area contributed by atoms with Gasteiger partial charge in [0, 0.05) is 5.38 Å². The van der Waals surface area contributed by atoms with E-state index in [-0.39, 0.29) is 5.38 Å². The molecule has 2 fully saturated rings. The summed E-state index contributed by atoms with van der Waals surface area (Å²) < 4.78 is 0. The van der Waals surface area contributed by atoms with Gasteiger partial charge in [0.05, 0.1) is 10.0 Å². The third-order valence-electron chi connectivity index (χ3n) is 4.31. The van der Waals surface area contributed by atoms with E-state index < -0.39 is 0 Å². The molecule has 17 heavy (non-hydrogen) atoms. The summed E-state index contributed by atoms with van der Waals surface area (Å²) >= 11 is 18.4. The van der Waals surface area contributed by atoms with Crippen molar-refractivity contribution in [2.75, 3.05) is 0 Å². The molecule has 2 aliphatic carbocycles. The van der Waals surface area contributed by atoms with Gasteiger partial charge in [0.2, 0.25) is 0 Å². The molecule has 2 aliphatic rings. The lowest BCUT2D eigenvalue weighted by molar-refractivity contribution is 0.559. The van der Waals surface area contributed by atoms with E-state index in [4.69, 9.17) is 34.8 Å². The highest BCUT2D eigenvalue weighted by Crippen LogP contribution is 2.60. The molecule has 1 aromatic carbocycles. The quantitative estimate of drug-likeness (QED) is 0.672. The Balaban J connectivity index is 1.64. The molecule has 3 unspecified atom stereocenters. The van der Waals surface area contributed by atoms with E-state index in [1.54, 1.807) is 0 Å². The van der Waals surface area contributed by atoms with Gasteiger partial charge >= 0.3 is 0 Å². The normalized spacial score (nSPS) is 32.3. The van der Waals surface area contributed by atoms with Crippen molar-refractivity contribution >= 4 is 34.8 Å². The maximum absolute atomic E-state index is 6.53. The van der Waals surface area contributed by atoms with Gasteiger partial charge in [0.25, 0.3) is 0 Å². The van der Waals surface area contributed by atoms with Crippen LogP contribution in [0.1, 0.15) is 24.8 Å². The molecule has 0 aromatic heterocycles. The van der Waals surface area contributed by atoms with Gasteiger partial charge in [-0.1, -0.05) is 35.7 Å². The zero-order valence-electron chi connectivity index (χ0n) is 9.50. The highest BCUT2D eigenvalue weighted by Gasteiger charge is 2.55. The fourth-order valence-electron chi connectivity index (χ4n) is 3.44. The Morgan fingerprint density at radius 1 is 1.12 bits per heavy atom. The SMILES string of the molecule is Clc1ccc(CC(Cl)C2C3CCCC32)cc1Cl. The lowest BCUT2D eigenvalue weighted by Gasteiger charge is -2.12. The summed E-state index contributed by atoms with van der Waals surface area (Å²) in [4.78, 5) is 0. The molecule has 0 bridgehead atoms. The molecule has 0 radical (unpaired) electrons. The van der Waals surface area contributed by atoms with Crippen molar-refractivity contribution in [3.05, 3.63) is 33.8 Å². The zero-order valence-corrected chi connectivity index (χ0v) is 11.8. The van der Waals surface area contributed by atoms with Crippen molar-refractivity contribution in [2.45, 2.75) is 31.1 Å². The molecule has 0 N–H and O–H groups in total. The molecular weight excluding hydrogens is 275 g/mol. The summed E-state index contributed by atoms with van der Waals surface area (Å²) in [5.74, 6) is 2.58. The number of hydrogen-bond acceptors (Lipinski definition) is 0. The Bertz CT molecular complexity index is 419.